The molecule has 2 aromatic carbocycles. The standard InChI is InChI=1S/C24H30N2O4.ClH/c1-17(19-7-8-22-23(15-19)30-14-13-29-22)25-24(27)18-9-11-26(12-10-18)16-20-5-3-4-6-21(20)28-2;/h3-8,15,17-18H,9-14,16H2,1-2H3,(H,25,27);1H. The van der Waals surface area contributed by atoms with E-state index >= 15 is 0 Å². The average Bonchev–Trinajstić information content (AvgIpc) is 2.79. The smallest absolute Gasteiger partial charge is 0.223 e. The molecule has 0 aliphatic carbocycles. The second kappa shape index (κ2) is 10.7. The molecule has 1 amide bonds. The van der Waals surface area contributed by atoms with Gasteiger partial charge in [0.05, 0.1) is 13.2 Å². The number of nitrogens with one attached hydrogen (secondary N) is 1. The van der Waals surface area contributed by atoms with Gasteiger partial charge in [0.1, 0.15) is 19.0 Å². The molecule has 1 fully saturated rings. The number of fused-ring (bicyclic) bond motifs is 1. The molecule has 168 valence electrons. The number of para-hydroxylation sites is 1. The Bertz CT molecular complexity index is 884. The maximum absolute atomic E-state index is 12.8. The molecule has 0 bridgehead atoms. The number of carbonyl (C=O) groups is 1. The summed E-state index contributed by atoms with van der Waals surface area (Å²) in [4.78, 5) is 15.2. The summed E-state index contributed by atoms with van der Waals surface area (Å²) in [5.74, 6) is 2.63. The van der Waals surface area contributed by atoms with Crippen LogP contribution >= 0.6 is 12.4 Å². The van der Waals surface area contributed by atoms with Crippen molar-refractivity contribution in [1.29, 1.82) is 0 Å². The Balaban J connectivity index is 0.00000272. The third kappa shape index (κ3) is 5.63. The molecule has 6 nitrogen and oxygen atoms in total. The van der Waals surface area contributed by atoms with Crippen LogP contribution in [0, 0.1) is 5.92 Å². The van der Waals surface area contributed by atoms with Crippen molar-refractivity contribution in [1.82, 2.24) is 10.2 Å². The van der Waals surface area contributed by atoms with E-state index in [9.17, 15) is 4.79 Å². The van der Waals surface area contributed by atoms with E-state index in [2.05, 4.69) is 16.3 Å². The molecule has 1 N–H and O–H groups in total. The number of rotatable bonds is 6. The van der Waals surface area contributed by atoms with Crippen molar-refractivity contribution in [3.63, 3.8) is 0 Å². The third-order valence-corrected chi connectivity index (χ3v) is 5.97. The van der Waals surface area contributed by atoms with Crippen LogP contribution in [0.1, 0.15) is 36.9 Å². The fourth-order valence-electron chi connectivity index (χ4n) is 4.17. The third-order valence-electron chi connectivity index (χ3n) is 5.97. The molecule has 2 aromatic rings. The zero-order chi connectivity index (χ0) is 20.9. The van der Waals surface area contributed by atoms with Gasteiger partial charge in [-0.25, -0.2) is 0 Å². The van der Waals surface area contributed by atoms with E-state index in [1.807, 2.05) is 43.3 Å². The number of amides is 1. The van der Waals surface area contributed by atoms with Crippen molar-refractivity contribution < 1.29 is 19.0 Å². The van der Waals surface area contributed by atoms with Gasteiger partial charge in [-0.2, -0.15) is 0 Å². The lowest BCUT2D eigenvalue weighted by Crippen LogP contribution is -2.40. The Morgan fingerprint density at radius 1 is 1.13 bits per heavy atom. The van der Waals surface area contributed by atoms with E-state index in [4.69, 9.17) is 14.2 Å². The van der Waals surface area contributed by atoms with Gasteiger partial charge in [0.25, 0.3) is 0 Å². The Morgan fingerprint density at radius 2 is 1.84 bits per heavy atom. The summed E-state index contributed by atoms with van der Waals surface area (Å²) in [5.41, 5.74) is 2.22. The molecule has 7 heteroatoms. The van der Waals surface area contributed by atoms with Gasteiger partial charge < -0.3 is 19.5 Å². The minimum atomic E-state index is -0.0695. The topological polar surface area (TPSA) is 60.0 Å². The Labute approximate surface area is 190 Å². The normalized spacial score (nSPS) is 17.4. The number of hydrogen-bond acceptors (Lipinski definition) is 5. The van der Waals surface area contributed by atoms with Gasteiger partial charge in [0.2, 0.25) is 5.91 Å². The quantitative estimate of drug-likeness (QED) is 0.727. The van der Waals surface area contributed by atoms with Crippen LogP contribution in [0.25, 0.3) is 0 Å². The number of hydrogen-bond donors (Lipinski definition) is 1. The maximum Gasteiger partial charge on any atom is 0.223 e. The molecule has 2 aliphatic heterocycles. The predicted octanol–water partition coefficient (Wildman–Crippen LogP) is 3.98. The van der Waals surface area contributed by atoms with Gasteiger partial charge >= 0.3 is 0 Å². The summed E-state index contributed by atoms with van der Waals surface area (Å²) in [6, 6.07) is 13.9. The first-order valence-electron chi connectivity index (χ1n) is 10.7. The van der Waals surface area contributed by atoms with Crippen molar-refractivity contribution in [2.75, 3.05) is 33.4 Å². The van der Waals surface area contributed by atoms with Crippen LogP contribution in [0.5, 0.6) is 17.2 Å². The number of piperidine rings is 1. The van der Waals surface area contributed by atoms with E-state index in [1.54, 1.807) is 7.11 Å². The number of likely N-dealkylation sites (tertiary alicyclic amines) is 1. The fraction of sp³-hybridized carbons (Fsp3) is 0.458. The Morgan fingerprint density at radius 3 is 2.58 bits per heavy atom. The van der Waals surface area contributed by atoms with Crippen molar-refractivity contribution in [3.8, 4) is 17.2 Å². The zero-order valence-corrected chi connectivity index (χ0v) is 19.0. The lowest BCUT2D eigenvalue weighted by molar-refractivity contribution is -0.127. The van der Waals surface area contributed by atoms with Crippen LogP contribution < -0.4 is 19.5 Å². The van der Waals surface area contributed by atoms with Crippen LogP contribution in [0.4, 0.5) is 0 Å². The first-order chi connectivity index (χ1) is 14.6. The van der Waals surface area contributed by atoms with Crippen molar-refractivity contribution in [3.05, 3.63) is 53.6 Å². The summed E-state index contributed by atoms with van der Waals surface area (Å²) < 4.78 is 16.7. The molecule has 1 atom stereocenters. The highest BCUT2D eigenvalue weighted by molar-refractivity contribution is 5.85. The molecule has 1 unspecified atom stereocenters. The molecule has 2 heterocycles. The number of ether oxygens (including phenoxy) is 3. The second-order valence-electron chi connectivity index (χ2n) is 8.00. The highest BCUT2D eigenvalue weighted by Crippen LogP contribution is 2.33. The zero-order valence-electron chi connectivity index (χ0n) is 18.1. The second-order valence-corrected chi connectivity index (χ2v) is 8.00. The first-order valence-corrected chi connectivity index (χ1v) is 10.7. The van der Waals surface area contributed by atoms with Crippen LogP contribution in [0.2, 0.25) is 0 Å². The summed E-state index contributed by atoms with van der Waals surface area (Å²) in [5, 5.41) is 3.18. The summed E-state index contributed by atoms with van der Waals surface area (Å²) in [6.07, 6.45) is 1.74. The average molecular weight is 447 g/mol. The predicted molar refractivity (Wildman–Crippen MR) is 122 cm³/mol. The Kier molecular flexibility index (Phi) is 8.04. The van der Waals surface area contributed by atoms with Crippen LogP contribution in [0.15, 0.2) is 42.5 Å². The van der Waals surface area contributed by atoms with Gasteiger partial charge in [0.15, 0.2) is 11.5 Å². The fourth-order valence-corrected chi connectivity index (χ4v) is 4.17. The van der Waals surface area contributed by atoms with Gasteiger partial charge in [-0.1, -0.05) is 24.3 Å². The minimum absolute atomic E-state index is 0. The number of benzene rings is 2. The lowest BCUT2D eigenvalue weighted by atomic mass is 9.94. The molecular formula is C24H31ClN2O4. The number of nitrogens with zero attached hydrogens (tertiary/aromatic N) is 1. The van der Waals surface area contributed by atoms with Crippen LogP contribution in [0.3, 0.4) is 0 Å². The van der Waals surface area contributed by atoms with Gasteiger partial charge in [-0.05, 0) is 56.6 Å². The monoisotopic (exact) mass is 446 g/mol. The summed E-state index contributed by atoms with van der Waals surface area (Å²) in [7, 11) is 1.71. The van der Waals surface area contributed by atoms with Crippen LogP contribution in [-0.2, 0) is 11.3 Å². The lowest BCUT2D eigenvalue weighted by Gasteiger charge is -2.32. The minimum Gasteiger partial charge on any atom is -0.496 e. The van der Waals surface area contributed by atoms with E-state index in [0.29, 0.717) is 13.2 Å². The molecule has 31 heavy (non-hydrogen) atoms. The molecule has 0 saturated carbocycles. The van der Waals surface area contributed by atoms with Crippen LogP contribution in [-0.4, -0.2) is 44.2 Å². The number of carbonyl (C=O) groups excluding carboxylic acids is 1. The summed E-state index contributed by atoms with van der Waals surface area (Å²) >= 11 is 0. The van der Waals surface area contributed by atoms with E-state index in [1.165, 1.54) is 5.56 Å². The maximum atomic E-state index is 12.8. The SMILES string of the molecule is COc1ccccc1CN1CCC(C(=O)NC(C)c2ccc3c(c2)OCCO3)CC1.Cl. The van der Waals surface area contributed by atoms with Gasteiger partial charge in [-0.15, -0.1) is 12.4 Å². The molecule has 1 saturated heterocycles. The number of halogens is 1. The largest absolute Gasteiger partial charge is 0.496 e. The van der Waals surface area contributed by atoms with E-state index in [-0.39, 0.29) is 30.3 Å². The summed E-state index contributed by atoms with van der Waals surface area (Å²) in [6.45, 7) is 5.83. The molecule has 4 rings (SSSR count). The van der Waals surface area contributed by atoms with Crippen molar-refractivity contribution in [2.45, 2.75) is 32.4 Å². The molecule has 0 radical (unpaired) electrons. The Hall–Kier alpha value is -2.44. The van der Waals surface area contributed by atoms with Crippen molar-refractivity contribution in [2.24, 2.45) is 5.92 Å². The van der Waals surface area contributed by atoms with Gasteiger partial charge in [-0.3, -0.25) is 9.69 Å². The van der Waals surface area contributed by atoms with E-state index in [0.717, 1.165) is 55.3 Å². The van der Waals surface area contributed by atoms with Gasteiger partial charge in [0, 0.05) is 18.0 Å². The highest BCUT2D eigenvalue weighted by Gasteiger charge is 2.26. The first kappa shape index (κ1) is 23.2. The van der Waals surface area contributed by atoms with E-state index < -0.39 is 0 Å². The molecule has 2 aliphatic rings. The highest BCUT2D eigenvalue weighted by atomic mass is 35.5. The molecular weight excluding hydrogens is 416 g/mol. The number of methoxy groups -OCH3 is 1. The van der Waals surface area contributed by atoms with Crippen molar-refractivity contribution >= 4 is 18.3 Å². The molecule has 0 aromatic heterocycles. The molecule has 0 spiro atoms.